The lowest BCUT2D eigenvalue weighted by Crippen LogP contribution is -2.46. The molecule has 1 N–H and O–H groups in total. The number of amides is 2. The van der Waals surface area contributed by atoms with Crippen LogP contribution in [0.4, 0.5) is 4.79 Å². The maximum atomic E-state index is 12.1. The van der Waals surface area contributed by atoms with Crippen molar-refractivity contribution in [2.45, 2.75) is 19.2 Å². The third-order valence-corrected chi connectivity index (χ3v) is 3.09. The molecule has 1 saturated heterocycles. The second-order valence-electron chi connectivity index (χ2n) is 4.59. The zero-order valence-electron chi connectivity index (χ0n) is 11.4. The molecule has 0 saturated carbocycles. The molecule has 108 valence electrons. The van der Waals surface area contributed by atoms with E-state index in [9.17, 15) is 14.7 Å². The summed E-state index contributed by atoms with van der Waals surface area (Å²) in [4.78, 5) is 24.3. The van der Waals surface area contributed by atoms with Gasteiger partial charge >= 0.3 is 20.0 Å². The van der Waals surface area contributed by atoms with Gasteiger partial charge in [0.15, 0.2) is 0 Å². The maximum absolute atomic E-state index is 12.1. The average Bonchev–Trinajstić information content (AvgIpc) is 2.79. The van der Waals surface area contributed by atoms with Crippen molar-refractivity contribution < 1.29 is 19.3 Å². The van der Waals surface area contributed by atoms with Gasteiger partial charge in [-0.25, -0.2) is 14.6 Å². The van der Waals surface area contributed by atoms with Crippen molar-refractivity contribution in [2.24, 2.45) is 5.10 Å². The van der Waals surface area contributed by atoms with E-state index >= 15 is 0 Å². The lowest BCUT2D eigenvalue weighted by Gasteiger charge is -2.23. The molecule has 1 aromatic rings. The summed E-state index contributed by atoms with van der Waals surface area (Å²) in [7, 11) is 4.71. The van der Waals surface area contributed by atoms with Crippen LogP contribution in [0.5, 0.6) is 0 Å². The van der Waals surface area contributed by atoms with Crippen LogP contribution in [-0.4, -0.2) is 60.1 Å². The van der Waals surface area contributed by atoms with Gasteiger partial charge in [0.1, 0.15) is 0 Å². The van der Waals surface area contributed by atoms with E-state index in [1.165, 1.54) is 11.2 Å². The second-order valence-corrected chi connectivity index (χ2v) is 4.59. The predicted molar refractivity (Wildman–Crippen MR) is 75.3 cm³/mol. The number of hydrogen-bond donors (Lipinski definition) is 1. The van der Waals surface area contributed by atoms with Crippen LogP contribution >= 0.6 is 0 Å². The van der Waals surface area contributed by atoms with Crippen molar-refractivity contribution in [2.75, 3.05) is 6.54 Å². The second kappa shape index (κ2) is 6.40. The Balaban J connectivity index is 2.09. The highest BCUT2D eigenvalue weighted by molar-refractivity contribution is 6.06. The van der Waals surface area contributed by atoms with Gasteiger partial charge < -0.3 is 9.76 Å². The summed E-state index contributed by atoms with van der Waals surface area (Å²) >= 11 is 0. The first-order chi connectivity index (χ1) is 10.0. The van der Waals surface area contributed by atoms with Crippen LogP contribution in [0, 0.1) is 0 Å². The van der Waals surface area contributed by atoms with Crippen molar-refractivity contribution in [1.29, 1.82) is 0 Å². The van der Waals surface area contributed by atoms with E-state index in [0.717, 1.165) is 10.5 Å². The molecule has 8 heteroatoms. The normalized spacial score (nSPS) is 20.1. The lowest BCUT2D eigenvalue weighted by molar-refractivity contribution is -0.152. The third kappa shape index (κ3) is 3.22. The van der Waals surface area contributed by atoms with Gasteiger partial charge in [-0.3, -0.25) is 4.90 Å². The van der Waals surface area contributed by atoms with E-state index in [1.807, 2.05) is 30.3 Å². The molecule has 2 amide bonds. The molecule has 1 aliphatic heterocycles. The number of urea groups is 1. The van der Waals surface area contributed by atoms with Crippen molar-refractivity contribution in [3.63, 3.8) is 0 Å². The van der Waals surface area contributed by atoms with Crippen LogP contribution < -0.4 is 0 Å². The van der Waals surface area contributed by atoms with E-state index < -0.39 is 24.3 Å². The number of hydrogen-bond acceptors (Lipinski definition) is 5. The van der Waals surface area contributed by atoms with Crippen LogP contribution in [0.15, 0.2) is 35.4 Å². The van der Waals surface area contributed by atoms with E-state index in [-0.39, 0.29) is 6.54 Å². The van der Waals surface area contributed by atoms with Crippen molar-refractivity contribution in [1.82, 2.24) is 9.91 Å². The standard InChI is InChI=1S/C13H14BN3O4/c1-9-8-16(15-7-10-5-3-2-4-6-10)13(20)17(9)11(18)12(19)21-14/h2-7,9,11,18H,8H2,1H3/b15-7+/t9-,11?/m0/s1. The molecule has 1 unspecified atom stereocenters. The summed E-state index contributed by atoms with van der Waals surface area (Å²) < 4.78 is 3.95. The van der Waals surface area contributed by atoms with Gasteiger partial charge in [0, 0.05) is 0 Å². The molecule has 0 spiro atoms. The molecule has 7 nitrogen and oxygen atoms in total. The fourth-order valence-corrected chi connectivity index (χ4v) is 2.03. The topological polar surface area (TPSA) is 82.4 Å². The van der Waals surface area contributed by atoms with E-state index in [1.54, 1.807) is 6.92 Å². The van der Waals surface area contributed by atoms with Crippen molar-refractivity contribution >= 4 is 26.3 Å². The molecule has 21 heavy (non-hydrogen) atoms. The molecule has 2 atom stereocenters. The number of aliphatic hydroxyl groups is 1. The number of rotatable bonds is 4. The van der Waals surface area contributed by atoms with Crippen LogP contribution in [0.2, 0.25) is 0 Å². The fraction of sp³-hybridized carbons (Fsp3) is 0.308. The van der Waals surface area contributed by atoms with Crippen LogP contribution in [0.3, 0.4) is 0 Å². The van der Waals surface area contributed by atoms with Gasteiger partial charge in [-0.1, -0.05) is 30.3 Å². The van der Waals surface area contributed by atoms with E-state index in [2.05, 4.69) is 9.76 Å². The summed E-state index contributed by atoms with van der Waals surface area (Å²) in [6.07, 6.45) is -0.212. The molecule has 1 fully saturated rings. The Morgan fingerprint density at radius 2 is 2.19 bits per heavy atom. The van der Waals surface area contributed by atoms with E-state index in [4.69, 9.17) is 8.05 Å². The highest BCUT2D eigenvalue weighted by Crippen LogP contribution is 2.19. The Kier molecular flexibility index (Phi) is 4.59. The summed E-state index contributed by atoms with van der Waals surface area (Å²) in [5.41, 5.74) is 0.832. The average molecular weight is 287 g/mol. The minimum atomic E-state index is -1.74. The Morgan fingerprint density at radius 1 is 1.52 bits per heavy atom. The Labute approximate surface area is 123 Å². The van der Waals surface area contributed by atoms with Gasteiger partial charge in [0.2, 0.25) is 6.23 Å². The molecule has 2 rings (SSSR count). The first-order valence-electron chi connectivity index (χ1n) is 6.32. The highest BCUT2D eigenvalue weighted by Gasteiger charge is 2.41. The molecule has 0 aliphatic carbocycles. The van der Waals surface area contributed by atoms with Crippen LogP contribution in [-0.2, 0) is 9.45 Å². The SMILES string of the molecule is [B]OC(=O)C(O)N1C(=O)N(/N=C/c2ccccc2)C[C@@H]1C. The summed E-state index contributed by atoms with van der Waals surface area (Å²) in [6.45, 7) is 1.93. The molecular weight excluding hydrogens is 273 g/mol. The maximum Gasteiger partial charge on any atom is 0.378 e. The van der Waals surface area contributed by atoms with Gasteiger partial charge in [-0.15, -0.1) is 0 Å². The predicted octanol–water partition coefficient (Wildman–Crippen LogP) is 0.0917. The number of carbonyl (C=O) groups is 2. The number of hydrazone groups is 1. The van der Waals surface area contributed by atoms with Crippen LogP contribution in [0.1, 0.15) is 12.5 Å². The summed E-state index contributed by atoms with van der Waals surface area (Å²) in [5, 5.41) is 15.0. The highest BCUT2D eigenvalue weighted by atomic mass is 16.5. The number of carbonyl (C=O) groups excluding carboxylic acids is 2. The summed E-state index contributed by atoms with van der Waals surface area (Å²) in [5.74, 6) is -1.09. The zero-order chi connectivity index (χ0) is 15.4. The Bertz CT molecular complexity index is 552. The minimum Gasteiger partial charge on any atom is -0.540 e. The molecule has 1 aliphatic rings. The largest absolute Gasteiger partial charge is 0.540 e. The summed E-state index contributed by atoms with van der Waals surface area (Å²) in [6, 6.07) is 8.26. The number of nitrogens with zero attached hydrogens (tertiary/aromatic N) is 3. The van der Waals surface area contributed by atoms with Crippen LogP contribution in [0.25, 0.3) is 0 Å². The molecule has 0 bridgehead atoms. The Hall–Kier alpha value is -2.35. The molecule has 1 aromatic carbocycles. The fourth-order valence-electron chi connectivity index (χ4n) is 2.03. The molecular formula is C13H14BN3O4. The number of aliphatic hydroxyl groups excluding tert-OH is 1. The molecule has 0 aromatic heterocycles. The Morgan fingerprint density at radius 3 is 2.81 bits per heavy atom. The lowest BCUT2D eigenvalue weighted by atomic mass is 10.2. The quantitative estimate of drug-likeness (QED) is 0.628. The van der Waals surface area contributed by atoms with Crippen molar-refractivity contribution in [3.8, 4) is 0 Å². The first-order valence-corrected chi connectivity index (χ1v) is 6.32. The van der Waals surface area contributed by atoms with Gasteiger partial charge in [-0.2, -0.15) is 5.10 Å². The van der Waals surface area contributed by atoms with Gasteiger partial charge in [0.25, 0.3) is 0 Å². The zero-order valence-corrected chi connectivity index (χ0v) is 11.4. The first kappa shape index (κ1) is 15.1. The number of benzene rings is 1. The smallest absolute Gasteiger partial charge is 0.378 e. The monoisotopic (exact) mass is 287 g/mol. The third-order valence-electron chi connectivity index (χ3n) is 3.09. The van der Waals surface area contributed by atoms with Crippen molar-refractivity contribution in [3.05, 3.63) is 35.9 Å². The molecule has 1 heterocycles. The van der Waals surface area contributed by atoms with Gasteiger partial charge in [0.05, 0.1) is 18.8 Å². The van der Waals surface area contributed by atoms with Gasteiger partial charge in [-0.05, 0) is 12.5 Å². The minimum absolute atomic E-state index is 0.247. The van der Waals surface area contributed by atoms with E-state index in [0.29, 0.717) is 0 Å². The molecule has 2 radical (unpaired) electrons.